The molecule has 0 aromatic heterocycles. The summed E-state index contributed by atoms with van der Waals surface area (Å²) in [6.07, 6.45) is 1.45. The van der Waals surface area contributed by atoms with Crippen molar-refractivity contribution in [2.75, 3.05) is 7.11 Å². The van der Waals surface area contributed by atoms with Crippen molar-refractivity contribution in [3.8, 4) is 17.2 Å². The van der Waals surface area contributed by atoms with E-state index in [-0.39, 0.29) is 11.3 Å². The number of nitrogens with zero attached hydrogens (tertiary/aromatic N) is 1. The number of phenols is 1. The second-order valence-electron chi connectivity index (χ2n) is 7.10. The van der Waals surface area contributed by atoms with E-state index in [0.29, 0.717) is 22.6 Å². The van der Waals surface area contributed by atoms with E-state index in [4.69, 9.17) is 9.47 Å². The lowest BCUT2D eigenvalue weighted by molar-refractivity contribution is 0.0734. The van der Waals surface area contributed by atoms with Gasteiger partial charge in [-0.25, -0.2) is 10.2 Å². The molecule has 4 aromatic rings. The van der Waals surface area contributed by atoms with Crippen LogP contribution in [-0.2, 0) is 0 Å². The van der Waals surface area contributed by atoms with Gasteiger partial charge in [0.2, 0.25) is 0 Å². The van der Waals surface area contributed by atoms with Crippen LogP contribution in [0.1, 0.15) is 26.3 Å². The van der Waals surface area contributed by atoms with Crippen LogP contribution < -0.4 is 14.9 Å². The molecule has 0 aliphatic carbocycles. The number of hydrogen-bond acceptors (Lipinski definition) is 6. The first-order chi connectivity index (χ1) is 16.0. The van der Waals surface area contributed by atoms with E-state index < -0.39 is 11.9 Å². The van der Waals surface area contributed by atoms with Crippen LogP contribution in [0.3, 0.4) is 0 Å². The maximum atomic E-state index is 12.4. The van der Waals surface area contributed by atoms with E-state index in [1.54, 1.807) is 67.8 Å². The zero-order valence-electron chi connectivity index (χ0n) is 17.7. The molecular weight excluding hydrogens is 420 g/mol. The molecule has 0 radical (unpaired) electrons. The fraction of sp³-hybridized carbons (Fsp3) is 0.0385. The minimum atomic E-state index is -0.528. The molecular formula is C26H20N2O5. The minimum Gasteiger partial charge on any atom is -0.507 e. The molecule has 164 valence electrons. The topological polar surface area (TPSA) is 97.2 Å². The molecule has 2 N–H and O–H groups in total. The highest BCUT2D eigenvalue weighted by atomic mass is 16.5. The average Bonchev–Trinajstić information content (AvgIpc) is 2.84. The highest BCUT2D eigenvalue weighted by Crippen LogP contribution is 2.25. The van der Waals surface area contributed by atoms with E-state index >= 15 is 0 Å². The fourth-order valence-corrected chi connectivity index (χ4v) is 3.15. The predicted octanol–water partition coefficient (Wildman–Crippen LogP) is 4.54. The van der Waals surface area contributed by atoms with Crippen LogP contribution in [0.25, 0.3) is 10.8 Å². The van der Waals surface area contributed by atoms with Gasteiger partial charge in [0.1, 0.15) is 17.2 Å². The van der Waals surface area contributed by atoms with Gasteiger partial charge < -0.3 is 14.6 Å². The van der Waals surface area contributed by atoms with Crippen LogP contribution in [0.4, 0.5) is 0 Å². The quantitative estimate of drug-likeness (QED) is 0.199. The summed E-state index contributed by atoms with van der Waals surface area (Å²) >= 11 is 0. The number of carbonyl (C=O) groups excluding carboxylic acids is 2. The van der Waals surface area contributed by atoms with Gasteiger partial charge in [-0.2, -0.15) is 5.10 Å². The summed E-state index contributed by atoms with van der Waals surface area (Å²) in [6.45, 7) is 0. The second-order valence-corrected chi connectivity index (χ2v) is 7.10. The summed E-state index contributed by atoms with van der Waals surface area (Å²) in [4.78, 5) is 24.6. The lowest BCUT2D eigenvalue weighted by atomic mass is 10.1. The van der Waals surface area contributed by atoms with Gasteiger partial charge in [0.15, 0.2) is 0 Å². The van der Waals surface area contributed by atoms with Crippen LogP contribution >= 0.6 is 0 Å². The molecule has 0 spiro atoms. The molecule has 1 amide bonds. The van der Waals surface area contributed by atoms with Gasteiger partial charge in [0.05, 0.1) is 24.5 Å². The van der Waals surface area contributed by atoms with E-state index in [1.165, 1.54) is 6.21 Å². The zero-order valence-corrected chi connectivity index (χ0v) is 17.7. The van der Waals surface area contributed by atoms with Crippen molar-refractivity contribution in [3.63, 3.8) is 0 Å². The van der Waals surface area contributed by atoms with Crippen LogP contribution in [0.5, 0.6) is 17.2 Å². The number of hydrogen-bond donors (Lipinski definition) is 2. The van der Waals surface area contributed by atoms with Crippen molar-refractivity contribution in [1.29, 1.82) is 0 Å². The van der Waals surface area contributed by atoms with Crippen LogP contribution in [0, 0.1) is 0 Å². The first kappa shape index (κ1) is 21.6. The highest BCUT2D eigenvalue weighted by molar-refractivity contribution is 6.01. The van der Waals surface area contributed by atoms with Crippen molar-refractivity contribution in [3.05, 3.63) is 102 Å². The number of phenolic OH excluding ortho intramolecular Hbond substituents is 1. The number of carbonyl (C=O) groups is 2. The number of amides is 1. The summed E-state index contributed by atoms with van der Waals surface area (Å²) in [5.41, 5.74) is 3.62. The molecule has 4 aromatic carbocycles. The molecule has 0 saturated heterocycles. The minimum absolute atomic E-state index is 0.121. The molecule has 0 fully saturated rings. The normalized spacial score (nSPS) is 10.8. The van der Waals surface area contributed by atoms with Crippen molar-refractivity contribution in [1.82, 2.24) is 5.43 Å². The summed E-state index contributed by atoms with van der Waals surface area (Å²) in [5.74, 6) is -0.110. The Balaban J connectivity index is 1.36. The molecule has 0 saturated carbocycles. The summed E-state index contributed by atoms with van der Waals surface area (Å²) in [5, 5.41) is 15.8. The Kier molecular flexibility index (Phi) is 6.31. The molecule has 7 nitrogen and oxygen atoms in total. The van der Waals surface area contributed by atoms with Gasteiger partial charge in [-0.15, -0.1) is 0 Å². The van der Waals surface area contributed by atoms with Gasteiger partial charge >= 0.3 is 5.97 Å². The summed E-state index contributed by atoms with van der Waals surface area (Å²) in [7, 11) is 1.55. The lowest BCUT2D eigenvalue weighted by Gasteiger charge is -2.06. The number of hydrazone groups is 1. The number of fused-ring (bicyclic) bond motifs is 1. The Morgan fingerprint density at radius 1 is 0.879 bits per heavy atom. The molecule has 0 aliphatic rings. The Hall–Kier alpha value is -4.65. The van der Waals surface area contributed by atoms with Crippen molar-refractivity contribution in [2.45, 2.75) is 0 Å². The lowest BCUT2D eigenvalue weighted by Crippen LogP contribution is -2.17. The standard InChI is InChI=1S/C26H20N2O5/c1-32-21-12-8-18(9-13-21)26(31)33-22-10-6-17(7-11-22)16-27-28-25(30)23-14-19-4-2-3-5-20(19)15-24(23)29/h2-16,29H,1H3,(H,28,30)/b27-16+. The summed E-state index contributed by atoms with van der Waals surface area (Å²) in [6, 6.07) is 23.8. The Morgan fingerprint density at radius 3 is 2.18 bits per heavy atom. The fourth-order valence-electron chi connectivity index (χ4n) is 3.15. The second kappa shape index (κ2) is 9.65. The molecule has 0 atom stereocenters. The smallest absolute Gasteiger partial charge is 0.343 e. The first-order valence-corrected chi connectivity index (χ1v) is 10.0. The Bertz CT molecular complexity index is 1330. The number of ether oxygens (including phenoxy) is 2. The molecule has 33 heavy (non-hydrogen) atoms. The largest absolute Gasteiger partial charge is 0.507 e. The van der Waals surface area contributed by atoms with E-state index in [2.05, 4.69) is 10.5 Å². The number of benzene rings is 4. The van der Waals surface area contributed by atoms with Gasteiger partial charge in [0, 0.05) is 0 Å². The maximum absolute atomic E-state index is 12.4. The molecule has 7 heteroatoms. The molecule has 0 aliphatic heterocycles. The van der Waals surface area contributed by atoms with Crippen LogP contribution in [-0.4, -0.2) is 30.3 Å². The highest BCUT2D eigenvalue weighted by Gasteiger charge is 2.12. The number of nitrogens with one attached hydrogen (secondary N) is 1. The number of methoxy groups -OCH3 is 1. The van der Waals surface area contributed by atoms with Gasteiger partial charge in [0.25, 0.3) is 5.91 Å². The monoisotopic (exact) mass is 440 g/mol. The van der Waals surface area contributed by atoms with Crippen molar-refractivity contribution in [2.24, 2.45) is 5.10 Å². The third kappa shape index (κ3) is 5.16. The third-order valence-electron chi connectivity index (χ3n) is 4.90. The van der Waals surface area contributed by atoms with Gasteiger partial charge in [-0.3, -0.25) is 4.79 Å². The predicted molar refractivity (Wildman–Crippen MR) is 125 cm³/mol. The number of esters is 1. The van der Waals surface area contributed by atoms with Gasteiger partial charge in [-0.1, -0.05) is 24.3 Å². The molecule has 4 rings (SSSR count). The zero-order chi connectivity index (χ0) is 23.2. The Morgan fingerprint density at radius 2 is 1.52 bits per heavy atom. The van der Waals surface area contributed by atoms with E-state index in [9.17, 15) is 14.7 Å². The SMILES string of the molecule is COc1ccc(C(=O)Oc2ccc(/C=N/NC(=O)c3cc4ccccc4cc3O)cc2)cc1. The molecule has 0 unspecified atom stereocenters. The summed E-state index contributed by atoms with van der Waals surface area (Å²) < 4.78 is 10.4. The van der Waals surface area contributed by atoms with E-state index in [0.717, 1.165) is 10.8 Å². The third-order valence-corrected chi connectivity index (χ3v) is 4.90. The molecule has 0 heterocycles. The number of rotatable bonds is 6. The number of aromatic hydroxyl groups is 1. The molecule has 0 bridgehead atoms. The van der Waals surface area contributed by atoms with E-state index in [1.807, 2.05) is 24.3 Å². The maximum Gasteiger partial charge on any atom is 0.343 e. The Labute approximate surface area is 189 Å². The van der Waals surface area contributed by atoms with Crippen molar-refractivity contribution >= 4 is 28.9 Å². The van der Waals surface area contributed by atoms with Crippen LogP contribution in [0.15, 0.2) is 90.0 Å². The van der Waals surface area contributed by atoms with Gasteiger partial charge in [-0.05, 0) is 77.0 Å². The average molecular weight is 440 g/mol. The van der Waals surface area contributed by atoms with Crippen LogP contribution in [0.2, 0.25) is 0 Å². The first-order valence-electron chi connectivity index (χ1n) is 10.0. The van der Waals surface area contributed by atoms with Crippen molar-refractivity contribution < 1.29 is 24.2 Å².